The smallest absolute Gasteiger partial charge is 0.312 e. The molecule has 4 rings (SSSR count). The third-order valence-corrected chi connectivity index (χ3v) is 6.10. The second-order valence-corrected chi connectivity index (χ2v) is 7.53. The van der Waals surface area contributed by atoms with Gasteiger partial charge in [-0.25, -0.2) is 9.78 Å². The van der Waals surface area contributed by atoms with Crippen molar-refractivity contribution < 1.29 is 9.59 Å². The van der Waals surface area contributed by atoms with Gasteiger partial charge in [-0.15, -0.1) is 11.3 Å². The number of aromatic nitrogens is 2. The lowest BCUT2D eigenvalue weighted by atomic mass is 9.86. The van der Waals surface area contributed by atoms with E-state index in [9.17, 15) is 14.4 Å². The van der Waals surface area contributed by atoms with Crippen molar-refractivity contribution in [1.29, 1.82) is 0 Å². The molecule has 0 N–H and O–H groups in total. The van der Waals surface area contributed by atoms with Crippen molar-refractivity contribution in [1.82, 2.24) is 24.1 Å². The summed E-state index contributed by atoms with van der Waals surface area (Å²) < 4.78 is 1.53. The molecule has 2 fully saturated rings. The lowest BCUT2D eigenvalue weighted by Crippen LogP contribution is -2.55. The molecule has 0 unspecified atom stereocenters. The van der Waals surface area contributed by atoms with Gasteiger partial charge in [0.2, 0.25) is 0 Å². The SMILES string of the molecule is CN1C(=O)N(C)C2(CCN(Cc3cc(=O)n4ccsc4n3)CC2)C1=O. The molecule has 8 nitrogen and oxygen atoms in total. The number of thiazole rings is 1. The number of carbonyl (C=O) groups is 2. The van der Waals surface area contributed by atoms with Crippen molar-refractivity contribution in [3.8, 4) is 0 Å². The Morgan fingerprint density at radius 1 is 1.20 bits per heavy atom. The Morgan fingerprint density at radius 3 is 2.56 bits per heavy atom. The maximum Gasteiger partial charge on any atom is 0.327 e. The highest BCUT2D eigenvalue weighted by Gasteiger charge is 2.55. The highest BCUT2D eigenvalue weighted by atomic mass is 32.1. The molecule has 25 heavy (non-hydrogen) atoms. The minimum Gasteiger partial charge on any atom is -0.312 e. The number of amides is 3. The summed E-state index contributed by atoms with van der Waals surface area (Å²) in [7, 11) is 3.24. The molecule has 2 aliphatic rings. The van der Waals surface area contributed by atoms with Gasteiger partial charge in [0, 0.05) is 51.4 Å². The zero-order chi connectivity index (χ0) is 17.8. The maximum absolute atomic E-state index is 12.5. The van der Waals surface area contributed by atoms with Gasteiger partial charge < -0.3 is 4.90 Å². The Bertz CT molecular complexity index is 912. The highest BCUT2D eigenvalue weighted by Crippen LogP contribution is 2.35. The zero-order valence-electron chi connectivity index (χ0n) is 14.1. The monoisotopic (exact) mass is 361 g/mol. The van der Waals surface area contributed by atoms with Crippen molar-refractivity contribution in [2.45, 2.75) is 24.9 Å². The van der Waals surface area contributed by atoms with Crippen molar-refractivity contribution in [3.63, 3.8) is 0 Å². The lowest BCUT2D eigenvalue weighted by molar-refractivity contribution is -0.134. The summed E-state index contributed by atoms with van der Waals surface area (Å²) in [6, 6.07) is 1.32. The van der Waals surface area contributed by atoms with Crippen LogP contribution in [0, 0.1) is 0 Å². The number of imide groups is 1. The first kappa shape index (κ1) is 16.2. The number of piperidine rings is 1. The molecule has 0 aliphatic carbocycles. The van der Waals surface area contributed by atoms with Gasteiger partial charge in [-0.2, -0.15) is 0 Å². The van der Waals surface area contributed by atoms with Gasteiger partial charge >= 0.3 is 6.03 Å². The third-order valence-electron chi connectivity index (χ3n) is 5.34. The molecule has 0 bridgehead atoms. The summed E-state index contributed by atoms with van der Waals surface area (Å²) in [4.78, 5) is 46.9. The Kier molecular flexibility index (Phi) is 3.66. The second-order valence-electron chi connectivity index (χ2n) is 6.65. The summed E-state index contributed by atoms with van der Waals surface area (Å²) in [5, 5.41) is 1.84. The Labute approximate surface area is 148 Å². The average Bonchev–Trinajstić information content (AvgIpc) is 3.13. The summed E-state index contributed by atoms with van der Waals surface area (Å²) in [6.07, 6.45) is 2.91. The van der Waals surface area contributed by atoms with Crippen LogP contribution >= 0.6 is 11.3 Å². The zero-order valence-corrected chi connectivity index (χ0v) is 15.0. The number of urea groups is 1. The third kappa shape index (κ3) is 2.37. The fraction of sp³-hybridized carbons (Fsp3) is 0.500. The van der Waals surface area contributed by atoms with E-state index in [1.807, 2.05) is 5.38 Å². The fourth-order valence-electron chi connectivity index (χ4n) is 3.78. The van der Waals surface area contributed by atoms with Crippen LogP contribution in [0.4, 0.5) is 4.79 Å². The molecule has 3 amide bonds. The van der Waals surface area contributed by atoms with E-state index in [0.29, 0.717) is 37.4 Å². The molecule has 2 aromatic rings. The number of fused-ring (bicyclic) bond motifs is 1. The van der Waals surface area contributed by atoms with Gasteiger partial charge in [-0.1, -0.05) is 0 Å². The number of likely N-dealkylation sites (tertiary alicyclic amines) is 1. The number of hydrogen-bond donors (Lipinski definition) is 0. The van der Waals surface area contributed by atoms with E-state index in [1.54, 1.807) is 24.2 Å². The molecule has 2 aromatic heterocycles. The van der Waals surface area contributed by atoms with Crippen LogP contribution in [0.1, 0.15) is 18.5 Å². The highest BCUT2D eigenvalue weighted by molar-refractivity contribution is 7.15. The van der Waals surface area contributed by atoms with E-state index >= 15 is 0 Å². The molecular formula is C16H19N5O3S. The number of carbonyl (C=O) groups excluding carboxylic acids is 2. The van der Waals surface area contributed by atoms with E-state index in [0.717, 1.165) is 5.69 Å². The fourth-order valence-corrected chi connectivity index (χ4v) is 4.52. The van der Waals surface area contributed by atoms with Crippen LogP contribution in [0.15, 0.2) is 22.4 Å². The molecule has 1 spiro atoms. The molecule has 4 heterocycles. The molecule has 2 saturated heterocycles. The van der Waals surface area contributed by atoms with Gasteiger partial charge in [0.1, 0.15) is 5.54 Å². The molecule has 0 atom stereocenters. The number of hydrogen-bond acceptors (Lipinski definition) is 6. The van der Waals surface area contributed by atoms with Crippen molar-refractivity contribution >= 4 is 28.2 Å². The van der Waals surface area contributed by atoms with E-state index in [4.69, 9.17) is 0 Å². The summed E-state index contributed by atoms with van der Waals surface area (Å²) in [5.41, 5.74) is -0.0529. The molecule has 0 aromatic carbocycles. The van der Waals surface area contributed by atoms with Gasteiger partial charge in [-0.05, 0) is 12.8 Å². The van der Waals surface area contributed by atoms with E-state index in [-0.39, 0.29) is 17.5 Å². The van der Waals surface area contributed by atoms with Gasteiger partial charge in [-0.3, -0.25) is 23.8 Å². The first-order valence-electron chi connectivity index (χ1n) is 8.16. The van der Waals surface area contributed by atoms with Gasteiger partial charge in [0.05, 0.1) is 5.69 Å². The molecule has 9 heteroatoms. The summed E-state index contributed by atoms with van der Waals surface area (Å²) in [5.74, 6) is -0.115. The molecule has 0 saturated carbocycles. The predicted octanol–water partition coefficient (Wildman–Crippen LogP) is 0.614. The maximum atomic E-state index is 12.5. The standard InChI is InChI=1S/C16H19N5O3S/c1-18-13(23)16(19(2)15(18)24)3-5-20(6-4-16)10-11-9-12(22)21-7-8-25-14(21)17-11/h7-9H,3-6,10H2,1-2H3. The largest absolute Gasteiger partial charge is 0.327 e. The predicted molar refractivity (Wildman–Crippen MR) is 92.5 cm³/mol. The van der Waals surface area contributed by atoms with Gasteiger partial charge in [0.15, 0.2) is 4.96 Å². The van der Waals surface area contributed by atoms with E-state index in [2.05, 4.69) is 9.88 Å². The number of nitrogens with zero attached hydrogens (tertiary/aromatic N) is 5. The first-order valence-corrected chi connectivity index (χ1v) is 9.04. The molecule has 0 radical (unpaired) electrons. The topological polar surface area (TPSA) is 78.2 Å². The van der Waals surface area contributed by atoms with Crippen molar-refractivity contribution in [2.24, 2.45) is 0 Å². The molecular weight excluding hydrogens is 342 g/mol. The van der Waals surface area contributed by atoms with E-state index < -0.39 is 5.54 Å². The minimum atomic E-state index is -0.715. The minimum absolute atomic E-state index is 0.0762. The molecule has 132 valence electrons. The van der Waals surface area contributed by atoms with Crippen LogP contribution < -0.4 is 5.56 Å². The van der Waals surface area contributed by atoms with Crippen molar-refractivity contribution in [2.75, 3.05) is 27.2 Å². The number of likely N-dealkylation sites (N-methyl/N-ethyl adjacent to an activating group) is 2. The lowest BCUT2D eigenvalue weighted by Gasteiger charge is -2.40. The summed E-state index contributed by atoms with van der Waals surface area (Å²) >= 11 is 1.43. The molecule has 2 aliphatic heterocycles. The second kappa shape index (κ2) is 5.63. The van der Waals surface area contributed by atoms with Crippen molar-refractivity contribution in [3.05, 3.63) is 33.7 Å². The summed E-state index contributed by atoms with van der Waals surface area (Å²) in [6.45, 7) is 1.94. The van der Waals surface area contributed by atoms with Crippen LogP contribution in [-0.2, 0) is 11.3 Å². The first-order chi connectivity index (χ1) is 11.9. The van der Waals surface area contributed by atoms with Crippen LogP contribution in [-0.4, -0.2) is 68.7 Å². The van der Waals surface area contributed by atoms with Crippen LogP contribution in [0.25, 0.3) is 4.96 Å². The van der Waals surface area contributed by atoms with Crippen LogP contribution in [0.5, 0.6) is 0 Å². The van der Waals surface area contributed by atoms with E-state index in [1.165, 1.54) is 27.7 Å². The Morgan fingerprint density at radius 2 is 1.92 bits per heavy atom. The van der Waals surface area contributed by atoms with Crippen LogP contribution in [0.2, 0.25) is 0 Å². The number of rotatable bonds is 2. The Hall–Kier alpha value is -2.26. The quantitative estimate of drug-likeness (QED) is 0.733. The normalized spacial score (nSPS) is 21.0. The van der Waals surface area contributed by atoms with Gasteiger partial charge in [0.25, 0.3) is 11.5 Å². The van der Waals surface area contributed by atoms with Crippen LogP contribution in [0.3, 0.4) is 0 Å². The Balaban J connectivity index is 1.49. The average molecular weight is 361 g/mol.